The molecule has 0 saturated carbocycles. The third-order valence-corrected chi connectivity index (χ3v) is 1.70. The van der Waals surface area contributed by atoms with E-state index in [-0.39, 0.29) is 5.56 Å². The van der Waals surface area contributed by atoms with E-state index in [1.807, 2.05) is 0 Å². The van der Waals surface area contributed by atoms with Crippen LogP contribution in [0.25, 0.3) is 0 Å². The molecule has 0 unspecified atom stereocenters. The van der Waals surface area contributed by atoms with Gasteiger partial charge in [0, 0.05) is 5.92 Å². The predicted molar refractivity (Wildman–Crippen MR) is 50.0 cm³/mol. The number of hydrogen-bond acceptors (Lipinski definition) is 2. The fraction of sp³-hybridized carbons (Fsp3) is 0.182. The Morgan fingerprint density at radius 2 is 2.21 bits per heavy atom. The van der Waals surface area contributed by atoms with Crippen molar-refractivity contribution in [3.63, 3.8) is 0 Å². The van der Waals surface area contributed by atoms with Crippen LogP contribution in [0.4, 0.5) is 4.39 Å². The van der Waals surface area contributed by atoms with E-state index in [0.717, 1.165) is 0 Å². The second-order valence-electron chi connectivity index (χ2n) is 2.67. The average molecular weight is 192 g/mol. The zero-order chi connectivity index (χ0) is 10.6. The van der Waals surface area contributed by atoms with Crippen LogP contribution in [0.5, 0.6) is 0 Å². The molecule has 0 spiro atoms. The summed E-state index contributed by atoms with van der Waals surface area (Å²) >= 11 is 0. The van der Waals surface area contributed by atoms with Crippen LogP contribution in [0.1, 0.15) is 11.1 Å². The second kappa shape index (κ2) is 4.43. The molecule has 0 amide bonds. The molecule has 1 aromatic carbocycles. The maximum atomic E-state index is 13.2. The fourth-order valence-corrected chi connectivity index (χ4v) is 0.955. The first-order valence-electron chi connectivity index (χ1n) is 4.00. The van der Waals surface area contributed by atoms with Crippen molar-refractivity contribution in [1.29, 1.82) is 0 Å². The summed E-state index contributed by atoms with van der Waals surface area (Å²) in [5, 5.41) is 0. The minimum Gasteiger partial charge on any atom is -0.459 e. The molecule has 0 N–H and O–H groups in total. The van der Waals surface area contributed by atoms with E-state index in [1.54, 1.807) is 19.1 Å². The number of benzene rings is 1. The van der Waals surface area contributed by atoms with Crippen molar-refractivity contribution >= 4 is 5.97 Å². The second-order valence-corrected chi connectivity index (χ2v) is 2.67. The van der Waals surface area contributed by atoms with Gasteiger partial charge in [-0.25, -0.2) is 9.18 Å². The van der Waals surface area contributed by atoms with Gasteiger partial charge in [0.2, 0.25) is 0 Å². The molecule has 3 heteroatoms. The molecule has 0 aliphatic heterocycles. The fourth-order valence-electron chi connectivity index (χ4n) is 0.955. The number of esters is 1. The Hall–Kier alpha value is -1.82. The molecule has 0 aliphatic rings. The van der Waals surface area contributed by atoms with Crippen LogP contribution >= 0.6 is 0 Å². The van der Waals surface area contributed by atoms with Crippen LogP contribution in [-0.4, -0.2) is 13.1 Å². The van der Waals surface area contributed by atoms with Gasteiger partial charge in [0.25, 0.3) is 0 Å². The summed E-state index contributed by atoms with van der Waals surface area (Å²) < 4.78 is 17.5. The van der Waals surface area contributed by atoms with Gasteiger partial charge in [-0.15, -0.1) is 0 Å². The zero-order valence-electron chi connectivity index (χ0n) is 7.93. The number of hydrogen-bond donors (Lipinski definition) is 0. The lowest BCUT2D eigenvalue weighted by Gasteiger charge is -1.97. The SMILES string of the molecule is COC(=O)C#Cc1c(C)cccc1F. The first-order chi connectivity index (χ1) is 6.65. The highest BCUT2D eigenvalue weighted by Gasteiger charge is 2.01. The van der Waals surface area contributed by atoms with Gasteiger partial charge < -0.3 is 4.74 Å². The molecular formula is C11H9FO2. The number of ether oxygens (including phenoxy) is 1. The zero-order valence-corrected chi connectivity index (χ0v) is 7.93. The van der Waals surface area contributed by atoms with E-state index in [2.05, 4.69) is 16.6 Å². The van der Waals surface area contributed by atoms with E-state index >= 15 is 0 Å². The molecule has 2 nitrogen and oxygen atoms in total. The first kappa shape index (κ1) is 10.3. The highest BCUT2D eigenvalue weighted by atomic mass is 19.1. The minimum absolute atomic E-state index is 0.234. The highest BCUT2D eigenvalue weighted by molar-refractivity contribution is 5.89. The number of carbonyl (C=O) groups is 1. The molecule has 72 valence electrons. The number of aryl methyl sites for hydroxylation is 1. The third kappa shape index (κ3) is 2.33. The first-order valence-corrected chi connectivity index (χ1v) is 4.00. The number of carbonyl (C=O) groups excluding carboxylic acids is 1. The number of halogens is 1. The Morgan fingerprint density at radius 1 is 1.50 bits per heavy atom. The van der Waals surface area contributed by atoms with Crippen molar-refractivity contribution in [1.82, 2.24) is 0 Å². The largest absolute Gasteiger partial charge is 0.459 e. The Morgan fingerprint density at radius 3 is 2.79 bits per heavy atom. The molecular weight excluding hydrogens is 183 g/mol. The Balaban J connectivity index is 3.06. The van der Waals surface area contributed by atoms with Crippen LogP contribution < -0.4 is 0 Å². The third-order valence-electron chi connectivity index (χ3n) is 1.70. The van der Waals surface area contributed by atoms with E-state index in [1.165, 1.54) is 13.2 Å². The maximum absolute atomic E-state index is 13.2. The van der Waals surface area contributed by atoms with Gasteiger partial charge in [-0.3, -0.25) is 0 Å². The molecule has 1 aromatic rings. The summed E-state index contributed by atoms with van der Waals surface area (Å²) in [6.07, 6.45) is 0. The van der Waals surface area contributed by atoms with Crippen molar-refractivity contribution in [2.24, 2.45) is 0 Å². The summed E-state index contributed by atoms with van der Waals surface area (Å²) in [6, 6.07) is 4.62. The monoisotopic (exact) mass is 192 g/mol. The van der Waals surface area contributed by atoms with Crippen LogP contribution in [0.2, 0.25) is 0 Å². The number of rotatable bonds is 0. The van der Waals surface area contributed by atoms with Gasteiger partial charge >= 0.3 is 5.97 Å². The summed E-state index contributed by atoms with van der Waals surface area (Å²) in [5.41, 5.74) is 0.930. The van der Waals surface area contributed by atoms with E-state index in [0.29, 0.717) is 5.56 Å². The molecule has 0 heterocycles. The maximum Gasteiger partial charge on any atom is 0.384 e. The van der Waals surface area contributed by atoms with Crippen molar-refractivity contribution in [3.05, 3.63) is 35.1 Å². The predicted octanol–water partition coefficient (Wildman–Crippen LogP) is 1.66. The van der Waals surface area contributed by atoms with Crippen molar-refractivity contribution < 1.29 is 13.9 Å². The number of methoxy groups -OCH3 is 1. The van der Waals surface area contributed by atoms with Gasteiger partial charge in [-0.05, 0) is 18.6 Å². The summed E-state index contributed by atoms with van der Waals surface area (Å²) in [6.45, 7) is 1.73. The Kier molecular flexibility index (Phi) is 3.24. The van der Waals surface area contributed by atoms with Crippen LogP contribution in [0, 0.1) is 24.6 Å². The van der Waals surface area contributed by atoms with Gasteiger partial charge in [-0.1, -0.05) is 18.1 Å². The lowest BCUT2D eigenvalue weighted by Crippen LogP contribution is -1.95. The van der Waals surface area contributed by atoms with Crippen molar-refractivity contribution in [2.75, 3.05) is 7.11 Å². The molecule has 1 rings (SSSR count). The van der Waals surface area contributed by atoms with Gasteiger partial charge in [0.15, 0.2) is 0 Å². The lowest BCUT2D eigenvalue weighted by atomic mass is 10.1. The molecule has 0 saturated heterocycles. The van der Waals surface area contributed by atoms with Crippen LogP contribution in [0.15, 0.2) is 18.2 Å². The Bertz CT molecular complexity index is 393. The van der Waals surface area contributed by atoms with E-state index in [9.17, 15) is 9.18 Å². The molecule has 0 aromatic heterocycles. The Labute approximate surface area is 81.7 Å². The summed E-state index contributed by atoms with van der Waals surface area (Å²) in [4.78, 5) is 10.7. The molecule has 0 atom stereocenters. The highest BCUT2D eigenvalue weighted by Crippen LogP contribution is 2.10. The smallest absolute Gasteiger partial charge is 0.384 e. The summed E-state index contributed by atoms with van der Waals surface area (Å²) in [7, 11) is 1.23. The van der Waals surface area contributed by atoms with Gasteiger partial charge in [0.05, 0.1) is 12.7 Å². The quantitative estimate of drug-likeness (QED) is 0.461. The minimum atomic E-state index is -0.673. The lowest BCUT2D eigenvalue weighted by molar-refractivity contribution is -0.133. The normalized spacial score (nSPS) is 8.79. The van der Waals surface area contributed by atoms with Crippen LogP contribution in [-0.2, 0) is 9.53 Å². The van der Waals surface area contributed by atoms with Crippen LogP contribution in [0.3, 0.4) is 0 Å². The van der Waals surface area contributed by atoms with E-state index in [4.69, 9.17) is 0 Å². The van der Waals surface area contributed by atoms with Gasteiger partial charge in [-0.2, -0.15) is 0 Å². The topological polar surface area (TPSA) is 26.3 Å². The standard InChI is InChI=1S/C11H9FO2/c1-8-4-3-5-10(12)9(8)6-7-11(13)14-2/h3-5H,1-2H3. The van der Waals surface area contributed by atoms with E-state index < -0.39 is 11.8 Å². The molecule has 14 heavy (non-hydrogen) atoms. The van der Waals surface area contributed by atoms with Gasteiger partial charge in [0.1, 0.15) is 5.82 Å². The molecule has 0 fully saturated rings. The molecule has 0 aliphatic carbocycles. The molecule has 0 bridgehead atoms. The summed E-state index contributed by atoms with van der Waals surface area (Å²) in [5.74, 6) is 3.51. The van der Waals surface area contributed by atoms with Crippen molar-refractivity contribution in [2.45, 2.75) is 6.92 Å². The van der Waals surface area contributed by atoms with Crippen molar-refractivity contribution in [3.8, 4) is 11.8 Å². The molecule has 0 radical (unpaired) electrons. The average Bonchev–Trinajstić information content (AvgIpc) is 2.16.